The Bertz CT molecular complexity index is 378. The molecule has 0 bridgehead atoms. The molecule has 16 heavy (non-hydrogen) atoms. The van der Waals surface area contributed by atoms with Crippen molar-refractivity contribution in [2.75, 3.05) is 18.9 Å². The van der Waals surface area contributed by atoms with Gasteiger partial charge in [0.05, 0.1) is 13.2 Å². The van der Waals surface area contributed by atoms with Crippen molar-refractivity contribution in [1.82, 2.24) is 0 Å². The van der Waals surface area contributed by atoms with Crippen molar-refractivity contribution in [1.29, 1.82) is 0 Å². The molecular formula is C14H19NO. The lowest BCUT2D eigenvalue weighted by atomic mass is 9.68. The summed E-state index contributed by atoms with van der Waals surface area (Å²) in [6.45, 7) is 1.78. The molecule has 2 fully saturated rings. The summed E-state index contributed by atoms with van der Waals surface area (Å²) in [5.41, 5.74) is 8.45. The van der Waals surface area contributed by atoms with Gasteiger partial charge < -0.3 is 10.5 Å². The summed E-state index contributed by atoms with van der Waals surface area (Å²) in [7, 11) is 0. The van der Waals surface area contributed by atoms with Gasteiger partial charge in [-0.05, 0) is 36.5 Å². The molecule has 2 N–H and O–H groups in total. The highest BCUT2D eigenvalue weighted by Crippen LogP contribution is 2.47. The maximum atomic E-state index is 5.89. The number of benzene rings is 1. The third-order valence-electron chi connectivity index (χ3n) is 4.32. The number of nitrogens with two attached hydrogens (primary N) is 1. The Kier molecular flexibility index (Phi) is 2.40. The molecule has 0 amide bonds. The van der Waals surface area contributed by atoms with Crippen LogP contribution in [0, 0.1) is 5.92 Å². The Labute approximate surface area is 96.8 Å². The minimum atomic E-state index is 0.284. The number of hydrogen-bond acceptors (Lipinski definition) is 2. The van der Waals surface area contributed by atoms with E-state index < -0.39 is 0 Å². The van der Waals surface area contributed by atoms with E-state index in [1.807, 2.05) is 6.07 Å². The van der Waals surface area contributed by atoms with E-state index in [2.05, 4.69) is 18.2 Å². The first kappa shape index (κ1) is 10.2. The number of rotatable bonds is 2. The van der Waals surface area contributed by atoms with Crippen molar-refractivity contribution < 1.29 is 4.74 Å². The summed E-state index contributed by atoms with van der Waals surface area (Å²) in [6, 6.07) is 8.39. The highest BCUT2D eigenvalue weighted by Gasteiger charge is 2.47. The summed E-state index contributed by atoms with van der Waals surface area (Å²) in [5, 5.41) is 0. The van der Waals surface area contributed by atoms with Crippen LogP contribution in [0.2, 0.25) is 0 Å². The lowest BCUT2D eigenvalue weighted by Gasteiger charge is -2.46. The van der Waals surface area contributed by atoms with Gasteiger partial charge in [-0.2, -0.15) is 0 Å². The van der Waals surface area contributed by atoms with Gasteiger partial charge >= 0.3 is 0 Å². The molecular weight excluding hydrogens is 198 g/mol. The monoisotopic (exact) mass is 217 g/mol. The van der Waals surface area contributed by atoms with Crippen LogP contribution in [0.3, 0.4) is 0 Å². The second-order valence-electron chi connectivity index (χ2n) is 5.26. The van der Waals surface area contributed by atoms with Crippen LogP contribution in [-0.4, -0.2) is 13.2 Å². The van der Waals surface area contributed by atoms with Crippen molar-refractivity contribution in [2.24, 2.45) is 5.92 Å². The van der Waals surface area contributed by atoms with Crippen molar-refractivity contribution in [2.45, 2.75) is 31.1 Å². The fourth-order valence-corrected chi connectivity index (χ4v) is 3.29. The zero-order valence-corrected chi connectivity index (χ0v) is 9.61. The molecule has 1 heterocycles. The van der Waals surface area contributed by atoms with Crippen LogP contribution in [0.4, 0.5) is 5.69 Å². The predicted octanol–water partition coefficient (Wildman–Crippen LogP) is 2.73. The highest BCUT2D eigenvalue weighted by atomic mass is 16.5. The van der Waals surface area contributed by atoms with Gasteiger partial charge in [0.25, 0.3) is 0 Å². The molecule has 1 aromatic carbocycles. The van der Waals surface area contributed by atoms with Crippen molar-refractivity contribution in [3.05, 3.63) is 29.8 Å². The van der Waals surface area contributed by atoms with Crippen molar-refractivity contribution in [3.63, 3.8) is 0 Å². The van der Waals surface area contributed by atoms with E-state index in [1.54, 1.807) is 0 Å². The molecule has 1 aliphatic carbocycles. The third-order valence-corrected chi connectivity index (χ3v) is 4.32. The standard InChI is InChI=1S/C14H19NO/c15-13-7-3-6-12(8-13)14(9-16-10-14)11-4-1-2-5-11/h3,6-8,11H,1-2,4-5,9-10,15H2. The molecule has 0 radical (unpaired) electrons. The fraction of sp³-hybridized carbons (Fsp3) is 0.571. The Morgan fingerprint density at radius 1 is 1.19 bits per heavy atom. The minimum absolute atomic E-state index is 0.284. The average molecular weight is 217 g/mol. The molecule has 0 aromatic heterocycles. The van der Waals surface area contributed by atoms with Gasteiger partial charge in [-0.15, -0.1) is 0 Å². The summed E-state index contributed by atoms with van der Waals surface area (Å²) in [4.78, 5) is 0. The van der Waals surface area contributed by atoms with E-state index in [9.17, 15) is 0 Å². The predicted molar refractivity (Wildman–Crippen MR) is 65.3 cm³/mol. The summed E-state index contributed by atoms with van der Waals surface area (Å²) >= 11 is 0. The second kappa shape index (κ2) is 3.77. The minimum Gasteiger partial charge on any atom is -0.399 e. The number of nitrogen functional groups attached to an aromatic ring is 1. The van der Waals surface area contributed by atoms with Gasteiger partial charge in [-0.1, -0.05) is 25.0 Å². The van der Waals surface area contributed by atoms with Gasteiger partial charge in [-0.3, -0.25) is 0 Å². The summed E-state index contributed by atoms with van der Waals surface area (Å²) in [6.07, 6.45) is 5.49. The lowest BCUT2D eigenvalue weighted by Crippen LogP contribution is -2.51. The smallest absolute Gasteiger partial charge is 0.0588 e. The Balaban J connectivity index is 1.94. The van der Waals surface area contributed by atoms with Gasteiger partial charge in [0.15, 0.2) is 0 Å². The lowest BCUT2D eigenvalue weighted by molar-refractivity contribution is -0.0895. The number of ether oxygens (including phenoxy) is 1. The summed E-state index contributed by atoms with van der Waals surface area (Å²) in [5.74, 6) is 0.808. The van der Waals surface area contributed by atoms with E-state index in [1.165, 1.54) is 31.2 Å². The van der Waals surface area contributed by atoms with Gasteiger partial charge in [-0.25, -0.2) is 0 Å². The topological polar surface area (TPSA) is 35.2 Å². The van der Waals surface area contributed by atoms with Gasteiger partial charge in [0.2, 0.25) is 0 Å². The molecule has 2 nitrogen and oxygen atoms in total. The number of hydrogen-bond donors (Lipinski definition) is 1. The number of anilines is 1. The van der Waals surface area contributed by atoms with Crippen LogP contribution in [0.15, 0.2) is 24.3 Å². The normalized spacial score (nSPS) is 24.2. The first-order valence-corrected chi connectivity index (χ1v) is 6.25. The quantitative estimate of drug-likeness (QED) is 0.773. The van der Waals surface area contributed by atoms with Crippen LogP contribution >= 0.6 is 0 Å². The molecule has 2 heteroatoms. The largest absolute Gasteiger partial charge is 0.399 e. The molecule has 0 unspecified atom stereocenters. The van der Waals surface area contributed by atoms with Crippen LogP contribution in [0.1, 0.15) is 31.2 Å². The van der Waals surface area contributed by atoms with E-state index in [-0.39, 0.29) is 5.41 Å². The molecule has 86 valence electrons. The maximum Gasteiger partial charge on any atom is 0.0588 e. The van der Waals surface area contributed by atoms with Crippen molar-refractivity contribution >= 4 is 5.69 Å². The Morgan fingerprint density at radius 3 is 2.50 bits per heavy atom. The maximum absolute atomic E-state index is 5.89. The van der Waals surface area contributed by atoms with Crippen LogP contribution in [0.5, 0.6) is 0 Å². The Morgan fingerprint density at radius 2 is 1.94 bits per heavy atom. The van der Waals surface area contributed by atoms with Crippen LogP contribution < -0.4 is 5.73 Å². The molecule has 0 atom stereocenters. The second-order valence-corrected chi connectivity index (χ2v) is 5.26. The molecule has 1 saturated heterocycles. The van der Waals surface area contributed by atoms with E-state index >= 15 is 0 Å². The zero-order chi connectivity index (χ0) is 11.0. The van der Waals surface area contributed by atoms with Crippen LogP contribution in [-0.2, 0) is 10.2 Å². The van der Waals surface area contributed by atoms with Gasteiger partial charge in [0, 0.05) is 11.1 Å². The molecule has 2 aliphatic rings. The highest BCUT2D eigenvalue weighted by molar-refractivity contribution is 5.44. The van der Waals surface area contributed by atoms with E-state index in [4.69, 9.17) is 10.5 Å². The molecule has 0 spiro atoms. The van der Waals surface area contributed by atoms with Crippen molar-refractivity contribution in [3.8, 4) is 0 Å². The molecule has 1 aromatic rings. The molecule has 1 aliphatic heterocycles. The van der Waals surface area contributed by atoms with E-state index in [0.717, 1.165) is 24.8 Å². The molecule has 3 rings (SSSR count). The average Bonchev–Trinajstić information content (AvgIpc) is 2.70. The SMILES string of the molecule is Nc1cccc(C2(C3CCCC3)COC2)c1. The first-order chi connectivity index (χ1) is 7.81. The first-order valence-electron chi connectivity index (χ1n) is 6.25. The molecule has 1 saturated carbocycles. The van der Waals surface area contributed by atoms with Gasteiger partial charge in [0.1, 0.15) is 0 Å². The Hall–Kier alpha value is -1.02. The third kappa shape index (κ3) is 1.44. The zero-order valence-electron chi connectivity index (χ0n) is 9.61. The fourth-order valence-electron chi connectivity index (χ4n) is 3.29. The summed E-state index contributed by atoms with van der Waals surface area (Å²) < 4.78 is 5.50. The van der Waals surface area contributed by atoms with E-state index in [0.29, 0.717) is 0 Å². The van der Waals surface area contributed by atoms with Crippen LogP contribution in [0.25, 0.3) is 0 Å².